The Morgan fingerprint density at radius 3 is 2.39 bits per heavy atom. The molecule has 0 radical (unpaired) electrons. The molecule has 0 unspecified atom stereocenters. The van der Waals surface area contributed by atoms with Crippen molar-refractivity contribution in [2.24, 2.45) is 0 Å². The van der Waals surface area contributed by atoms with Gasteiger partial charge in [0.1, 0.15) is 10.2 Å². The first kappa shape index (κ1) is 19.1. The summed E-state index contributed by atoms with van der Waals surface area (Å²) in [5.41, 5.74) is 0.398. The van der Waals surface area contributed by atoms with Crippen LogP contribution in [0.1, 0.15) is 5.56 Å². The van der Waals surface area contributed by atoms with Crippen LogP contribution in [0.25, 0.3) is 0 Å². The molecule has 1 rings (SSSR count). The third-order valence-corrected chi connectivity index (χ3v) is 4.08. The zero-order chi connectivity index (χ0) is 17.7. The lowest BCUT2D eigenvalue weighted by Crippen LogP contribution is -2.16. The van der Waals surface area contributed by atoms with Gasteiger partial charge in [0.25, 0.3) is 5.69 Å². The van der Waals surface area contributed by atoms with E-state index in [9.17, 15) is 19.7 Å². The SMILES string of the molecule is COC(=O)/C=C(/Nc1c(C)cc(Br)c([N+](=O)[O-])c1Br)C(=O)OC. The summed E-state index contributed by atoms with van der Waals surface area (Å²) in [4.78, 5) is 33.7. The Balaban J connectivity index is 3.42. The molecule has 0 heterocycles. The lowest BCUT2D eigenvalue weighted by atomic mass is 10.1. The number of methoxy groups -OCH3 is 2. The molecule has 0 aliphatic heterocycles. The molecule has 0 fully saturated rings. The van der Waals surface area contributed by atoms with Crippen LogP contribution in [-0.4, -0.2) is 31.1 Å². The maximum Gasteiger partial charge on any atom is 0.354 e. The van der Waals surface area contributed by atoms with Crippen LogP contribution < -0.4 is 5.32 Å². The first-order valence-electron chi connectivity index (χ1n) is 6.00. The number of benzene rings is 1. The fourth-order valence-electron chi connectivity index (χ4n) is 1.62. The third-order valence-electron chi connectivity index (χ3n) is 2.70. The largest absolute Gasteiger partial charge is 0.466 e. The number of rotatable bonds is 5. The van der Waals surface area contributed by atoms with Gasteiger partial charge in [-0.05, 0) is 50.4 Å². The van der Waals surface area contributed by atoms with Crippen molar-refractivity contribution >= 4 is 55.2 Å². The molecule has 0 spiro atoms. The Labute approximate surface area is 148 Å². The third kappa shape index (κ3) is 4.52. The molecular weight excluding hydrogens is 440 g/mol. The van der Waals surface area contributed by atoms with E-state index in [1.165, 1.54) is 6.07 Å². The number of nitro groups is 1. The second kappa shape index (κ2) is 8.06. The summed E-state index contributed by atoms with van der Waals surface area (Å²) >= 11 is 6.25. The minimum Gasteiger partial charge on any atom is -0.466 e. The highest BCUT2D eigenvalue weighted by Gasteiger charge is 2.24. The van der Waals surface area contributed by atoms with E-state index in [4.69, 9.17) is 0 Å². The summed E-state index contributed by atoms with van der Waals surface area (Å²) in [5, 5.41) is 13.8. The minimum atomic E-state index is -0.827. The number of nitrogens with one attached hydrogen (secondary N) is 1. The first-order chi connectivity index (χ1) is 10.7. The van der Waals surface area contributed by atoms with Gasteiger partial charge < -0.3 is 14.8 Å². The zero-order valence-corrected chi connectivity index (χ0v) is 15.5. The van der Waals surface area contributed by atoms with Gasteiger partial charge in [0.2, 0.25) is 0 Å². The van der Waals surface area contributed by atoms with E-state index in [2.05, 4.69) is 46.7 Å². The van der Waals surface area contributed by atoms with E-state index in [1.807, 2.05) is 0 Å². The monoisotopic (exact) mass is 450 g/mol. The predicted molar refractivity (Wildman–Crippen MR) is 89.0 cm³/mol. The summed E-state index contributed by atoms with van der Waals surface area (Å²) in [5.74, 6) is -1.61. The fraction of sp³-hybridized carbons (Fsp3) is 0.231. The average molecular weight is 452 g/mol. The minimum absolute atomic E-state index is 0.119. The fourth-order valence-corrected chi connectivity index (χ4v) is 3.34. The zero-order valence-electron chi connectivity index (χ0n) is 12.3. The number of aryl methyl sites for hydroxylation is 1. The van der Waals surface area contributed by atoms with Crippen LogP contribution >= 0.6 is 31.9 Å². The van der Waals surface area contributed by atoms with Crippen LogP contribution in [0.3, 0.4) is 0 Å². The van der Waals surface area contributed by atoms with Crippen molar-refractivity contribution in [2.75, 3.05) is 19.5 Å². The molecule has 124 valence electrons. The highest BCUT2D eigenvalue weighted by molar-refractivity contribution is 9.11. The topological polar surface area (TPSA) is 108 Å². The summed E-state index contributed by atoms with van der Waals surface area (Å²) in [6.07, 6.45) is 0.894. The second-order valence-corrected chi connectivity index (χ2v) is 5.82. The van der Waals surface area contributed by atoms with Crippen molar-refractivity contribution in [3.05, 3.63) is 42.5 Å². The highest BCUT2D eigenvalue weighted by Crippen LogP contribution is 2.41. The van der Waals surface area contributed by atoms with Gasteiger partial charge in [-0.15, -0.1) is 0 Å². The van der Waals surface area contributed by atoms with Gasteiger partial charge in [-0.25, -0.2) is 9.59 Å². The number of nitrogens with zero attached hydrogens (tertiary/aromatic N) is 1. The van der Waals surface area contributed by atoms with Crippen molar-refractivity contribution in [1.82, 2.24) is 0 Å². The molecule has 8 nitrogen and oxygen atoms in total. The van der Waals surface area contributed by atoms with Gasteiger partial charge in [0, 0.05) is 0 Å². The number of ether oxygens (including phenoxy) is 2. The Kier molecular flexibility index (Phi) is 6.70. The highest BCUT2D eigenvalue weighted by atomic mass is 79.9. The van der Waals surface area contributed by atoms with E-state index < -0.39 is 16.9 Å². The lowest BCUT2D eigenvalue weighted by Gasteiger charge is -2.14. The number of carbonyl (C=O) groups is 2. The normalized spacial score (nSPS) is 10.9. The van der Waals surface area contributed by atoms with Crippen molar-refractivity contribution in [3.63, 3.8) is 0 Å². The molecular formula is C13H12Br2N2O6. The van der Waals surface area contributed by atoms with Crippen molar-refractivity contribution in [3.8, 4) is 0 Å². The van der Waals surface area contributed by atoms with Crippen molar-refractivity contribution in [2.45, 2.75) is 6.92 Å². The summed E-state index contributed by atoms with van der Waals surface area (Å²) in [6, 6.07) is 1.51. The number of halogens is 2. The Bertz CT molecular complexity index is 702. The molecule has 0 atom stereocenters. The van der Waals surface area contributed by atoms with E-state index in [-0.39, 0.29) is 26.0 Å². The molecule has 10 heteroatoms. The molecule has 1 aromatic rings. The van der Waals surface area contributed by atoms with Gasteiger partial charge in [-0.2, -0.15) is 0 Å². The quantitative estimate of drug-likeness (QED) is 0.317. The smallest absolute Gasteiger partial charge is 0.354 e. The number of carbonyl (C=O) groups excluding carboxylic acids is 2. The number of nitro benzene ring substituents is 1. The van der Waals surface area contributed by atoms with Gasteiger partial charge in [0.15, 0.2) is 0 Å². The molecule has 0 bridgehead atoms. The number of hydrogen-bond donors (Lipinski definition) is 1. The Hall–Kier alpha value is -1.94. The first-order valence-corrected chi connectivity index (χ1v) is 7.59. The standard InChI is InChI=1S/C13H12Br2N2O6/c1-6-4-7(14)12(17(20)21)10(15)11(6)16-8(13(19)23-3)5-9(18)22-2/h4-5,16H,1-3H3/b8-5+. The Morgan fingerprint density at radius 2 is 1.91 bits per heavy atom. The van der Waals surface area contributed by atoms with Crippen molar-refractivity contribution < 1.29 is 24.0 Å². The molecule has 0 aliphatic carbocycles. The molecule has 0 saturated carbocycles. The molecule has 0 aliphatic rings. The molecule has 0 saturated heterocycles. The van der Waals surface area contributed by atoms with E-state index in [0.717, 1.165) is 20.3 Å². The maximum absolute atomic E-state index is 11.8. The maximum atomic E-state index is 11.8. The van der Waals surface area contributed by atoms with E-state index >= 15 is 0 Å². The van der Waals surface area contributed by atoms with E-state index in [1.54, 1.807) is 6.92 Å². The number of hydrogen-bond acceptors (Lipinski definition) is 7. The van der Waals surface area contributed by atoms with Gasteiger partial charge in [0.05, 0.1) is 35.4 Å². The van der Waals surface area contributed by atoms with Crippen LogP contribution in [0.15, 0.2) is 26.8 Å². The average Bonchev–Trinajstić information content (AvgIpc) is 2.48. The molecule has 1 N–H and O–H groups in total. The number of esters is 2. The van der Waals surface area contributed by atoms with Crippen molar-refractivity contribution in [1.29, 1.82) is 0 Å². The van der Waals surface area contributed by atoms with Gasteiger partial charge in [-0.3, -0.25) is 10.1 Å². The molecule has 0 amide bonds. The number of anilines is 1. The van der Waals surface area contributed by atoms with Gasteiger partial charge >= 0.3 is 11.9 Å². The summed E-state index contributed by atoms with van der Waals surface area (Å²) in [7, 11) is 2.29. The van der Waals surface area contributed by atoms with Crippen LogP contribution in [0, 0.1) is 17.0 Å². The lowest BCUT2D eigenvalue weighted by molar-refractivity contribution is -0.386. The Morgan fingerprint density at radius 1 is 1.30 bits per heavy atom. The molecule has 1 aromatic carbocycles. The van der Waals surface area contributed by atoms with Crippen LogP contribution in [0.2, 0.25) is 0 Å². The summed E-state index contributed by atoms with van der Waals surface area (Å²) in [6.45, 7) is 1.68. The van der Waals surface area contributed by atoms with Crippen LogP contribution in [0.5, 0.6) is 0 Å². The summed E-state index contributed by atoms with van der Waals surface area (Å²) < 4.78 is 9.43. The molecule has 0 aromatic heterocycles. The van der Waals surface area contributed by atoms with Crippen LogP contribution in [-0.2, 0) is 19.1 Å². The molecule has 23 heavy (non-hydrogen) atoms. The van der Waals surface area contributed by atoms with E-state index in [0.29, 0.717) is 5.56 Å². The second-order valence-electron chi connectivity index (χ2n) is 4.17. The van der Waals surface area contributed by atoms with Crippen LogP contribution in [0.4, 0.5) is 11.4 Å². The predicted octanol–water partition coefficient (Wildman–Crippen LogP) is 3.07. The van der Waals surface area contributed by atoms with Gasteiger partial charge in [-0.1, -0.05) is 0 Å².